The van der Waals surface area contributed by atoms with Crippen molar-refractivity contribution < 1.29 is 22.2 Å². The van der Waals surface area contributed by atoms with Gasteiger partial charge < -0.3 is 44.6 Å². The number of aromatic nitrogens is 2. The van der Waals surface area contributed by atoms with Crippen LogP contribution in [-0.2, 0) is 27.2 Å². The molecule has 14 nitrogen and oxygen atoms in total. The molecule has 14 heteroatoms. The zero-order valence-corrected chi connectivity index (χ0v) is 50.2. The molecule has 0 bridgehead atoms. The van der Waals surface area contributed by atoms with Gasteiger partial charge in [-0.3, -0.25) is 19.6 Å². The Kier molecular flexibility index (Phi) is 22.6. The van der Waals surface area contributed by atoms with Crippen LogP contribution in [0.4, 0.5) is 11.4 Å². The summed E-state index contributed by atoms with van der Waals surface area (Å²) in [7, 11) is 2.80. The van der Waals surface area contributed by atoms with Gasteiger partial charge >= 0.3 is 0 Å². The first kappa shape index (κ1) is 60.9. The molecular formula is C63H110N10O4. The summed E-state index contributed by atoms with van der Waals surface area (Å²) in [4.78, 5) is 30.8. The molecular weight excluding hydrogens is 961 g/mol. The number of nitrogens with zero attached hydrogens (tertiary/aromatic N) is 7. The summed E-state index contributed by atoms with van der Waals surface area (Å²) < 4.78 is 15.7. The van der Waals surface area contributed by atoms with E-state index in [9.17, 15) is 0 Å². The molecule has 6 fully saturated rings. The summed E-state index contributed by atoms with van der Waals surface area (Å²) >= 11 is 0. The van der Waals surface area contributed by atoms with Crippen molar-refractivity contribution in [3.8, 4) is 11.3 Å². The molecule has 5 aliphatic heterocycles. The van der Waals surface area contributed by atoms with Crippen LogP contribution in [0.2, 0.25) is 0 Å². The minimum absolute atomic E-state index is 0. The fourth-order valence-electron chi connectivity index (χ4n) is 13.5. The molecule has 0 radical (unpaired) electrons. The number of aliphatic hydroxyl groups is 1. The minimum atomic E-state index is -0.316. The topological polar surface area (TPSA) is 126 Å². The number of nitrogens with one attached hydrogen (secondary N) is 3. The molecule has 5 atom stereocenters. The molecule has 1 aromatic carbocycles. The van der Waals surface area contributed by atoms with E-state index in [2.05, 4.69) is 124 Å². The van der Waals surface area contributed by atoms with Crippen LogP contribution in [0, 0.1) is 16.7 Å². The summed E-state index contributed by atoms with van der Waals surface area (Å²) in [5, 5.41) is 18.0. The van der Waals surface area contributed by atoms with E-state index in [1.807, 2.05) is 13.8 Å². The lowest BCUT2D eigenvalue weighted by molar-refractivity contribution is -0.139. The number of likely N-dealkylation sites (tertiary alicyclic amines) is 1. The molecule has 2 aromatic heterocycles. The molecule has 1 saturated carbocycles. The Morgan fingerprint density at radius 3 is 2.16 bits per heavy atom. The average molecular weight is 1070 g/mol. The summed E-state index contributed by atoms with van der Waals surface area (Å²) in [5.41, 5.74) is 13.6. The minimum Gasteiger partial charge on any atom is -0.400 e. The van der Waals surface area contributed by atoms with Crippen LogP contribution in [0.5, 0.6) is 0 Å². The van der Waals surface area contributed by atoms with E-state index in [0.29, 0.717) is 12.0 Å². The summed E-state index contributed by atoms with van der Waals surface area (Å²) in [6, 6.07) is 9.07. The van der Waals surface area contributed by atoms with Crippen LogP contribution in [-0.4, -0.2) is 159 Å². The zero-order valence-electron chi connectivity index (χ0n) is 50.2. The van der Waals surface area contributed by atoms with E-state index >= 15 is 4.79 Å². The number of aryl methyl sites for hydroxylation is 1. The van der Waals surface area contributed by atoms with E-state index in [4.69, 9.17) is 26.1 Å². The molecule has 436 valence electrons. The Balaban J connectivity index is 0.00000187. The second-order valence-corrected chi connectivity index (χ2v) is 24.3. The fourth-order valence-corrected chi connectivity index (χ4v) is 13.5. The van der Waals surface area contributed by atoms with Gasteiger partial charge in [-0.25, -0.2) is 5.43 Å². The molecule has 3 aromatic rings. The normalized spacial score (nSPS) is 22.4. The lowest BCUT2D eigenvalue weighted by Gasteiger charge is -2.61. The van der Waals surface area contributed by atoms with Crippen molar-refractivity contribution in [2.45, 2.75) is 189 Å². The molecule has 1 spiro atoms. The van der Waals surface area contributed by atoms with Crippen LogP contribution < -0.4 is 25.9 Å². The maximum atomic E-state index is 15.3. The van der Waals surface area contributed by atoms with Crippen LogP contribution in [0.25, 0.3) is 22.2 Å². The van der Waals surface area contributed by atoms with Gasteiger partial charge in [-0.1, -0.05) is 100.0 Å². The van der Waals surface area contributed by atoms with Crippen molar-refractivity contribution in [3.63, 3.8) is 0 Å². The predicted octanol–water partition coefficient (Wildman–Crippen LogP) is 10.7. The molecule has 5 saturated heterocycles. The molecule has 1 unspecified atom stereocenters. The Labute approximate surface area is 469 Å². The lowest BCUT2D eigenvalue weighted by atomic mass is 9.62. The first-order valence-electron chi connectivity index (χ1n) is 30.8. The van der Waals surface area contributed by atoms with E-state index in [1.165, 1.54) is 90.5 Å². The molecule has 4 N–H and O–H groups in total. The van der Waals surface area contributed by atoms with Gasteiger partial charge in [0.15, 0.2) is 0 Å². The first-order valence-corrected chi connectivity index (χ1v) is 30.8. The van der Waals surface area contributed by atoms with E-state index in [0.717, 1.165) is 142 Å². The van der Waals surface area contributed by atoms with Crippen LogP contribution >= 0.6 is 0 Å². The molecule has 1 aliphatic carbocycles. The third kappa shape index (κ3) is 14.2. The third-order valence-corrected chi connectivity index (χ3v) is 18.4. The van der Waals surface area contributed by atoms with E-state index in [-0.39, 0.29) is 50.4 Å². The average Bonchev–Trinajstić information content (AvgIpc) is 3.97. The monoisotopic (exact) mass is 1070 g/mol. The Bertz CT molecular complexity index is 2310. The van der Waals surface area contributed by atoms with Crippen molar-refractivity contribution in [1.82, 2.24) is 40.4 Å². The van der Waals surface area contributed by atoms with Crippen LogP contribution in [0.15, 0.2) is 42.7 Å². The number of morpholine rings is 1. The third-order valence-electron chi connectivity index (χ3n) is 18.4. The standard InChI is InChI=1S/C60H96N10O3.C2H6.CH4O.2H2/c1-10-59(7,8)38-50-48-36-46(22-23-51(48)69(11-2)56(50)49-37-47(65-32-27-61-28-33-65)39-62-54(49)45(6)72-9)67-34-35-73-52(40-67)57(68-41-60(42-68)24-21-25-60)53(44(5)70-31-20-17-26-63-70)64-58(71)55(43(3)4)66-29-18-15-13-12-14-16-19-30-66;2*1-2;;/h22-23,36-37,39,43,45,52-53,55,57,61,63H,5,10-21,24-35,38,40-42H2,1-4,6-9H3,(H,64,71);1-2H3;2H,1H3;2*1H/t45-,52?,53+,55-,57+;;;;/m0..../s1. The number of aliphatic hydroxyl groups excluding tert-OH is 1. The number of carbonyl (C=O) groups excluding carboxylic acids is 1. The van der Waals surface area contributed by atoms with E-state index in [1.54, 1.807) is 7.11 Å². The van der Waals surface area contributed by atoms with Crippen LogP contribution in [0.3, 0.4) is 0 Å². The zero-order chi connectivity index (χ0) is 55.3. The van der Waals surface area contributed by atoms with E-state index < -0.39 is 0 Å². The largest absolute Gasteiger partial charge is 0.400 e. The Morgan fingerprint density at radius 2 is 1.56 bits per heavy atom. The van der Waals surface area contributed by atoms with Crippen molar-refractivity contribution in [2.75, 3.05) is 109 Å². The Morgan fingerprint density at radius 1 is 0.883 bits per heavy atom. The van der Waals surface area contributed by atoms with Gasteiger partial charge in [0.25, 0.3) is 0 Å². The predicted molar refractivity (Wildman–Crippen MR) is 324 cm³/mol. The van der Waals surface area contributed by atoms with Crippen LogP contribution in [0.1, 0.15) is 166 Å². The number of pyridine rings is 1. The summed E-state index contributed by atoms with van der Waals surface area (Å²) in [5.74, 6) is 0.327. The number of hydrogen-bond donors (Lipinski definition) is 4. The molecule has 7 heterocycles. The van der Waals surface area contributed by atoms with Gasteiger partial charge in [-0.05, 0) is 118 Å². The molecule has 9 rings (SSSR count). The maximum Gasteiger partial charge on any atom is 0.238 e. The van der Waals surface area contributed by atoms with Gasteiger partial charge in [0.2, 0.25) is 5.91 Å². The highest BCUT2D eigenvalue weighted by atomic mass is 16.5. The van der Waals surface area contributed by atoms with Gasteiger partial charge in [0.05, 0.1) is 60.2 Å². The maximum absolute atomic E-state index is 15.3. The van der Waals surface area contributed by atoms with Gasteiger partial charge in [-0.15, -0.1) is 0 Å². The number of ether oxygens (including phenoxy) is 2. The number of amides is 1. The SMILES string of the molecule is C=C([C@@H](NC(=O)[C@H](C(C)C)N1CCCCCCCCC1)[C@@H](C1CN(c2ccc3c(c2)c(CC(C)(C)CC)c(-c2cc(N4CCNCC4)cnc2[C@H](C)OC)n3CC)CCO1)N1CC2(CCC2)C1)N1CCCCN1.CC.CO.[HH].[HH]. The number of hydrazine groups is 1. The smallest absolute Gasteiger partial charge is 0.238 e. The van der Waals surface area contributed by atoms with Crippen molar-refractivity contribution in [2.24, 2.45) is 16.7 Å². The number of benzene rings is 1. The van der Waals surface area contributed by atoms with Crippen molar-refractivity contribution in [3.05, 3.63) is 54.0 Å². The highest BCUT2D eigenvalue weighted by Crippen LogP contribution is 2.50. The van der Waals surface area contributed by atoms with Gasteiger partial charge in [0, 0.05) is 117 Å². The van der Waals surface area contributed by atoms with Gasteiger partial charge in [-0.2, -0.15) is 0 Å². The molecule has 1 amide bonds. The quantitative estimate of drug-likeness (QED) is 0.0969. The van der Waals surface area contributed by atoms with Gasteiger partial charge in [0.1, 0.15) is 0 Å². The highest BCUT2D eigenvalue weighted by molar-refractivity contribution is 5.95. The lowest BCUT2D eigenvalue weighted by Crippen LogP contribution is -2.72. The number of hydrogen-bond acceptors (Lipinski definition) is 12. The molecule has 6 aliphatic rings. The fraction of sp³-hybridized carbons (Fsp3) is 0.746. The number of carbonyl (C=O) groups is 1. The highest BCUT2D eigenvalue weighted by Gasteiger charge is 2.54. The number of rotatable bonds is 18. The second-order valence-electron chi connectivity index (χ2n) is 24.3. The number of fused-ring (bicyclic) bond motifs is 1. The first-order chi connectivity index (χ1) is 37.3. The molecule has 77 heavy (non-hydrogen) atoms. The summed E-state index contributed by atoms with van der Waals surface area (Å²) in [6.07, 6.45) is 18.6. The second kappa shape index (κ2) is 28.6. The van der Waals surface area contributed by atoms with Crippen molar-refractivity contribution in [1.29, 1.82) is 0 Å². The summed E-state index contributed by atoms with van der Waals surface area (Å²) in [6.45, 7) is 37.7. The number of methoxy groups -OCH3 is 1. The number of anilines is 2. The number of piperazine rings is 1. The Hall–Kier alpha value is -3.76. The van der Waals surface area contributed by atoms with Crippen molar-refractivity contribution >= 4 is 28.2 Å².